The monoisotopic (exact) mass is 262 g/mol. The van der Waals surface area contributed by atoms with E-state index >= 15 is 0 Å². The third-order valence-corrected chi connectivity index (χ3v) is 4.19. The van der Waals surface area contributed by atoms with E-state index in [9.17, 15) is 4.79 Å². The molecule has 2 heterocycles. The van der Waals surface area contributed by atoms with Crippen LogP contribution in [0.5, 0.6) is 0 Å². The fourth-order valence-corrected chi connectivity index (χ4v) is 2.78. The Labute approximate surface area is 114 Å². The smallest absolute Gasteiger partial charge is 0.236 e. The summed E-state index contributed by atoms with van der Waals surface area (Å²) in [5.41, 5.74) is 0. The molecule has 4 heteroatoms. The van der Waals surface area contributed by atoms with Gasteiger partial charge in [-0.05, 0) is 37.3 Å². The number of rotatable bonds is 5. The van der Waals surface area contributed by atoms with Crippen LogP contribution in [0.4, 0.5) is 0 Å². The summed E-state index contributed by atoms with van der Waals surface area (Å²) >= 11 is 0. The fraction of sp³-hybridized carbons (Fsp3) is 0.667. The van der Waals surface area contributed by atoms with Crippen molar-refractivity contribution in [1.82, 2.24) is 10.2 Å². The molecule has 1 saturated heterocycles. The van der Waals surface area contributed by atoms with Crippen molar-refractivity contribution in [1.29, 1.82) is 0 Å². The lowest BCUT2D eigenvalue weighted by atomic mass is 10.3. The van der Waals surface area contributed by atoms with Gasteiger partial charge in [-0.15, -0.1) is 0 Å². The third kappa shape index (κ3) is 3.00. The zero-order valence-electron chi connectivity index (χ0n) is 11.5. The summed E-state index contributed by atoms with van der Waals surface area (Å²) in [5, 5.41) is 3.18. The second-order valence-corrected chi connectivity index (χ2v) is 5.82. The maximum Gasteiger partial charge on any atom is 0.236 e. The Morgan fingerprint density at radius 1 is 1.42 bits per heavy atom. The van der Waals surface area contributed by atoms with Gasteiger partial charge in [0.2, 0.25) is 5.91 Å². The summed E-state index contributed by atoms with van der Waals surface area (Å²) in [6, 6.07) is 4.10. The van der Waals surface area contributed by atoms with E-state index in [1.807, 2.05) is 11.0 Å². The van der Waals surface area contributed by atoms with Crippen LogP contribution >= 0.6 is 0 Å². The second kappa shape index (κ2) is 5.37. The first-order valence-corrected chi connectivity index (χ1v) is 7.31. The molecule has 2 unspecified atom stereocenters. The Morgan fingerprint density at radius 3 is 2.84 bits per heavy atom. The van der Waals surface area contributed by atoms with Crippen molar-refractivity contribution in [3.63, 3.8) is 0 Å². The van der Waals surface area contributed by atoms with Gasteiger partial charge in [0.15, 0.2) is 0 Å². The third-order valence-electron chi connectivity index (χ3n) is 4.19. The molecule has 3 rings (SSSR count). The van der Waals surface area contributed by atoms with Gasteiger partial charge in [-0.1, -0.05) is 6.92 Å². The van der Waals surface area contributed by atoms with Gasteiger partial charge in [0.05, 0.1) is 13.1 Å². The topological polar surface area (TPSA) is 45.5 Å². The number of hydrogen-bond acceptors (Lipinski definition) is 3. The molecule has 19 heavy (non-hydrogen) atoms. The molecule has 0 radical (unpaired) electrons. The molecule has 1 saturated carbocycles. The van der Waals surface area contributed by atoms with Gasteiger partial charge in [0, 0.05) is 19.0 Å². The summed E-state index contributed by atoms with van der Waals surface area (Å²) in [6.07, 6.45) is 3.54. The first-order valence-electron chi connectivity index (χ1n) is 7.31. The Hall–Kier alpha value is -1.29. The van der Waals surface area contributed by atoms with Crippen molar-refractivity contribution >= 4 is 5.91 Å². The molecule has 2 fully saturated rings. The quantitative estimate of drug-likeness (QED) is 0.884. The van der Waals surface area contributed by atoms with Crippen LogP contribution in [0, 0.1) is 5.92 Å². The lowest BCUT2D eigenvalue weighted by molar-refractivity contribution is -0.129. The molecule has 0 aromatic carbocycles. The van der Waals surface area contributed by atoms with Crippen LogP contribution in [0.3, 0.4) is 0 Å². The van der Waals surface area contributed by atoms with E-state index in [0.29, 0.717) is 19.0 Å². The van der Waals surface area contributed by atoms with Crippen LogP contribution in [0.2, 0.25) is 0 Å². The van der Waals surface area contributed by atoms with Crippen molar-refractivity contribution in [3.8, 4) is 0 Å². The standard InChI is InChI=1S/C15H22N2O2/c1-11-8-13(11)14-5-4-12(19-14)9-16-10-15(18)17-6-2-3-7-17/h4-5,11,13,16H,2-3,6-10H2,1H3. The van der Waals surface area contributed by atoms with Crippen molar-refractivity contribution in [3.05, 3.63) is 23.7 Å². The molecule has 1 amide bonds. The molecule has 1 aromatic rings. The molecule has 4 nitrogen and oxygen atoms in total. The number of carbonyl (C=O) groups is 1. The van der Waals surface area contributed by atoms with Crippen molar-refractivity contribution in [2.24, 2.45) is 5.92 Å². The molecule has 104 valence electrons. The lowest BCUT2D eigenvalue weighted by Gasteiger charge is -2.15. The van der Waals surface area contributed by atoms with Gasteiger partial charge in [0.1, 0.15) is 11.5 Å². The molecule has 0 bridgehead atoms. The number of carbonyl (C=O) groups excluding carboxylic acids is 1. The Morgan fingerprint density at radius 2 is 2.16 bits per heavy atom. The van der Waals surface area contributed by atoms with Crippen molar-refractivity contribution < 1.29 is 9.21 Å². The minimum absolute atomic E-state index is 0.208. The second-order valence-electron chi connectivity index (χ2n) is 5.82. The number of likely N-dealkylation sites (tertiary alicyclic amines) is 1. The average Bonchev–Trinajstić information content (AvgIpc) is 2.90. The van der Waals surface area contributed by atoms with Crippen LogP contribution in [-0.2, 0) is 11.3 Å². The van der Waals surface area contributed by atoms with E-state index in [1.54, 1.807) is 0 Å². The first-order chi connectivity index (χ1) is 9.24. The highest BCUT2D eigenvalue weighted by Crippen LogP contribution is 2.47. The van der Waals surface area contributed by atoms with E-state index in [-0.39, 0.29) is 5.91 Å². The molecule has 0 spiro atoms. The van der Waals surface area contributed by atoms with Crippen LogP contribution in [0.25, 0.3) is 0 Å². The van der Waals surface area contributed by atoms with Gasteiger partial charge in [-0.25, -0.2) is 0 Å². The molecular weight excluding hydrogens is 240 g/mol. The van der Waals surface area contributed by atoms with E-state index in [2.05, 4.69) is 18.3 Å². The Balaban J connectivity index is 1.42. The zero-order valence-corrected chi connectivity index (χ0v) is 11.5. The van der Waals surface area contributed by atoms with E-state index in [0.717, 1.165) is 43.4 Å². The highest BCUT2D eigenvalue weighted by molar-refractivity contribution is 5.78. The zero-order chi connectivity index (χ0) is 13.2. The minimum Gasteiger partial charge on any atom is -0.464 e. The molecule has 1 aliphatic heterocycles. The minimum atomic E-state index is 0.208. The predicted octanol–water partition coefficient (Wildman–Crippen LogP) is 2.12. The first kappa shape index (κ1) is 12.7. The molecule has 1 aromatic heterocycles. The highest BCUT2D eigenvalue weighted by Gasteiger charge is 2.36. The number of nitrogens with zero attached hydrogens (tertiary/aromatic N) is 1. The summed E-state index contributed by atoms with van der Waals surface area (Å²) in [7, 11) is 0. The van der Waals surface area contributed by atoms with Gasteiger partial charge in [0.25, 0.3) is 0 Å². The molecule has 1 aliphatic carbocycles. The number of hydrogen-bond donors (Lipinski definition) is 1. The number of nitrogens with one attached hydrogen (secondary N) is 1. The maximum atomic E-state index is 11.8. The van der Waals surface area contributed by atoms with Crippen molar-refractivity contribution in [2.45, 2.75) is 38.6 Å². The lowest BCUT2D eigenvalue weighted by Crippen LogP contribution is -2.35. The predicted molar refractivity (Wildman–Crippen MR) is 72.8 cm³/mol. The van der Waals surface area contributed by atoms with Crippen LogP contribution in [0.15, 0.2) is 16.5 Å². The van der Waals surface area contributed by atoms with Crippen LogP contribution in [-0.4, -0.2) is 30.4 Å². The number of furan rings is 1. The Kier molecular flexibility index (Phi) is 3.60. The van der Waals surface area contributed by atoms with Crippen molar-refractivity contribution in [2.75, 3.05) is 19.6 Å². The summed E-state index contributed by atoms with van der Waals surface area (Å²) in [5.74, 6) is 3.64. The van der Waals surface area contributed by atoms with Gasteiger partial charge >= 0.3 is 0 Å². The van der Waals surface area contributed by atoms with Crippen LogP contribution in [0.1, 0.15) is 43.6 Å². The van der Waals surface area contributed by atoms with Gasteiger partial charge in [-0.3, -0.25) is 4.79 Å². The summed E-state index contributed by atoms with van der Waals surface area (Å²) in [4.78, 5) is 13.8. The summed E-state index contributed by atoms with van der Waals surface area (Å²) < 4.78 is 5.80. The molecule has 2 aliphatic rings. The van der Waals surface area contributed by atoms with Gasteiger partial charge in [-0.2, -0.15) is 0 Å². The maximum absolute atomic E-state index is 11.8. The normalized spacial score (nSPS) is 25.8. The highest BCUT2D eigenvalue weighted by atomic mass is 16.3. The van der Waals surface area contributed by atoms with E-state index < -0.39 is 0 Å². The SMILES string of the molecule is CC1CC1c1ccc(CNCC(=O)N2CCCC2)o1. The van der Waals surface area contributed by atoms with E-state index in [4.69, 9.17) is 4.42 Å². The fourth-order valence-electron chi connectivity index (χ4n) is 2.78. The van der Waals surface area contributed by atoms with E-state index in [1.165, 1.54) is 6.42 Å². The molecule has 1 N–H and O–H groups in total. The molecular formula is C15H22N2O2. The number of amides is 1. The van der Waals surface area contributed by atoms with Gasteiger partial charge < -0.3 is 14.6 Å². The molecule has 2 atom stereocenters. The Bertz CT molecular complexity index is 449. The average molecular weight is 262 g/mol. The van der Waals surface area contributed by atoms with Crippen LogP contribution < -0.4 is 5.32 Å². The largest absolute Gasteiger partial charge is 0.464 e. The summed E-state index contributed by atoms with van der Waals surface area (Å²) in [6.45, 7) is 5.15.